The Labute approximate surface area is 129 Å². The molecule has 2 aromatic rings. The summed E-state index contributed by atoms with van der Waals surface area (Å²) in [4.78, 5) is 16.2. The lowest BCUT2D eigenvalue weighted by Gasteiger charge is -2.19. The highest BCUT2D eigenvalue weighted by Crippen LogP contribution is 2.41. The van der Waals surface area contributed by atoms with Crippen molar-refractivity contribution in [3.63, 3.8) is 0 Å². The second kappa shape index (κ2) is 6.69. The van der Waals surface area contributed by atoms with Crippen molar-refractivity contribution in [1.82, 2.24) is 10.3 Å². The van der Waals surface area contributed by atoms with Crippen molar-refractivity contribution < 1.29 is 9.18 Å². The fraction of sp³-hybridized carbons (Fsp3) is 0.333. The summed E-state index contributed by atoms with van der Waals surface area (Å²) in [6, 6.07) is 10.3. The summed E-state index contributed by atoms with van der Waals surface area (Å²) in [7, 11) is 0. The molecule has 1 amide bonds. The third kappa shape index (κ3) is 3.91. The molecule has 1 saturated carbocycles. The van der Waals surface area contributed by atoms with Gasteiger partial charge in [0, 0.05) is 18.8 Å². The van der Waals surface area contributed by atoms with Gasteiger partial charge in [0.25, 0.3) is 0 Å². The number of nitrogens with one attached hydrogen (secondary N) is 1. The van der Waals surface area contributed by atoms with Crippen molar-refractivity contribution in [2.45, 2.75) is 31.7 Å². The van der Waals surface area contributed by atoms with Crippen molar-refractivity contribution in [2.75, 3.05) is 0 Å². The van der Waals surface area contributed by atoms with Crippen LogP contribution in [0, 0.1) is 11.7 Å². The van der Waals surface area contributed by atoms with E-state index >= 15 is 0 Å². The average molecular weight is 298 g/mol. The topological polar surface area (TPSA) is 42.0 Å². The monoisotopic (exact) mass is 298 g/mol. The highest BCUT2D eigenvalue weighted by Gasteiger charge is 2.33. The van der Waals surface area contributed by atoms with E-state index in [0.717, 1.165) is 24.0 Å². The molecule has 1 aliphatic carbocycles. The highest BCUT2D eigenvalue weighted by molar-refractivity contribution is 5.76. The molecule has 3 rings (SSSR count). The SMILES string of the molecule is O=C(CCc1cccnc1)N[C@H](c1ccc(F)cc1)C1CC1. The summed E-state index contributed by atoms with van der Waals surface area (Å²) in [6.07, 6.45) is 6.86. The molecule has 1 N–H and O–H groups in total. The van der Waals surface area contributed by atoms with Gasteiger partial charge >= 0.3 is 0 Å². The van der Waals surface area contributed by atoms with Crippen LogP contribution in [0.4, 0.5) is 4.39 Å². The molecule has 1 aliphatic rings. The summed E-state index contributed by atoms with van der Waals surface area (Å²) in [5.74, 6) is 0.263. The highest BCUT2D eigenvalue weighted by atomic mass is 19.1. The van der Waals surface area contributed by atoms with E-state index in [1.165, 1.54) is 12.1 Å². The van der Waals surface area contributed by atoms with Gasteiger partial charge in [-0.1, -0.05) is 18.2 Å². The molecule has 1 fully saturated rings. The third-order valence-electron chi connectivity index (χ3n) is 4.00. The predicted molar refractivity (Wildman–Crippen MR) is 82.6 cm³/mol. The first-order valence-corrected chi connectivity index (χ1v) is 7.66. The molecule has 1 heterocycles. The van der Waals surface area contributed by atoms with Gasteiger partial charge in [0.05, 0.1) is 6.04 Å². The van der Waals surface area contributed by atoms with Gasteiger partial charge in [-0.05, 0) is 54.5 Å². The molecule has 0 radical (unpaired) electrons. The number of amides is 1. The number of nitrogens with zero attached hydrogens (tertiary/aromatic N) is 1. The van der Waals surface area contributed by atoms with Gasteiger partial charge in [-0.25, -0.2) is 4.39 Å². The van der Waals surface area contributed by atoms with Crippen LogP contribution < -0.4 is 5.32 Å². The van der Waals surface area contributed by atoms with Crippen LogP contribution in [0.15, 0.2) is 48.8 Å². The number of pyridine rings is 1. The van der Waals surface area contributed by atoms with Crippen LogP contribution in [0.3, 0.4) is 0 Å². The minimum absolute atomic E-state index is 0.00185. The Hall–Kier alpha value is -2.23. The Balaban J connectivity index is 1.59. The summed E-state index contributed by atoms with van der Waals surface area (Å²) >= 11 is 0. The third-order valence-corrected chi connectivity index (χ3v) is 4.00. The first-order chi connectivity index (χ1) is 10.7. The van der Waals surface area contributed by atoms with Crippen molar-refractivity contribution in [3.05, 3.63) is 65.7 Å². The van der Waals surface area contributed by atoms with Crippen molar-refractivity contribution in [1.29, 1.82) is 0 Å². The van der Waals surface area contributed by atoms with Crippen LogP contribution in [-0.2, 0) is 11.2 Å². The molecule has 1 aromatic carbocycles. The minimum atomic E-state index is -0.249. The quantitative estimate of drug-likeness (QED) is 0.888. The number of benzene rings is 1. The number of carbonyl (C=O) groups is 1. The van der Waals surface area contributed by atoms with Crippen molar-refractivity contribution in [2.24, 2.45) is 5.92 Å². The Morgan fingerprint density at radius 3 is 2.68 bits per heavy atom. The number of aryl methyl sites for hydroxylation is 1. The fourth-order valence-electron chi connectivity index (χ4n) is 2.62. The van der Waals surface area contributed by atoms with Gasteiger partial charge < -0.3 is 5.32 Å². The van der Waals surface area contributed by atoms with E-state index in [1.54, 1.807) is 24.5 Å². The molecule has 3 nitrogen and oxygen atoms in total. The molecule has 1 atom stereocenters. The van der Waals surface area contributed by atoms with E-state index in [-0.39, 0.29) is 17.8 Å². The maximum atomic E-state index is 13.0. The van der Waals surface area contributed by atoms with Gasteiger partial charge in [-0.15, -0.1) is 0 Å². The molecule has 0 spiro atoms. The lowest BCUT2D eigenvalue weighted by Crippen LogP contribution is -2.30. The summed E-state index contributed by atoms with van der Waals surface area (Å²) in [5.41, 5.74) is 2.04. The Kier molecular flexibility index (Phi) is 4.47. The number of carbonyl (C=O) groups excluding carboxylic acids is 1. The minimum Gasteiger partial charge on any atom is -0.349 e. The molecule has 0 aliphatic heterocycles. The summed E-state index contributed by atoms with van der Waals surface area (Å²) in [5, 5.41) is 3.10. The standard InChI is InChI=1S/C18H19FN2O/c19-16-8-6-15(7-9-16)18(14-4-5-14)21-17(22)10-3-13-2-1-11-20-12-13/h1-2,6-9,11-12,14,18H,3-5,10H2,(H,21,22)/t18-/m0/s1. The second-order valence-electron chi connectivity index (χ2n) is 5.80. The number of hydrogen-bond donors (Lipinski definition) is 1. The average Bonchev–Trinajstić information content (AvgIpc) is 3.37. The zero-order valence-corrected chi connectivity index (χ0v) is 12.3. The fourth-order valence-corrected chi connectivity index (χ4v) is 2.62. The van der Waals surface area contributed by atoms with Gasteiger partial charge in [-0.2, -0.15) is 0 Å². The maximum Gasteiger partial charge on any atom is 0.220 e. The normalized spacial score (nSPS) is 15.3. The smallest absolute Gasteiger partial charge is 0.220 e. The molecule has 4 heteroatoms. The summed E-state index contributed by atoms with van der Waals surface area (Å²) in [6.45, 7) is 0. The lowest BCUT2D eigenvalue weighted by molar-refractivity contribution is -0.122. The predicted octanol–water partition coefficient (Wildman–Crippen LogP) is 3.42. The van der Waals surface area contributed by atoms with Gasteiger partial charge in [0.1, 0.15) is 5.82 Å². The molecule has 22 heavy (non-hydrogen) atoms. The van der Waals surface area contributed by atoms with Crippen LogP contribution in [0.5, 0.6) is 0 Å². The molecular weight excluding hydrogens is 279 g/mol. The van der Waals surface area contributed by atoms with Crippen LogP contribution in [0.25, 0.3) is 0 Å². The van der Waals surface area contributed by atoms with E-state index in [4.69, 9.17) is 0 Å². The Morgan fingerprint density at radius 1 is 1.27 bits per heavy atom. The van der Waals surface area contributed by atoms with Crippen LogP contribution in [-0.4, -0.2) is 10.9 Å². The van der Waals surface area contributed by atoms with Gasteiger partial charge in [0.2, 0.25) is 5.91 Å². The first-order valence-electron chi connectivity index (χ1n) is 7.66. The number of rotatable bonds is 6. The van der Waals surface area contributed by atoms with Gasteiger partial charge in [0.15, 0.2) is 0 Å². The van der Waals surface area contributed by atoms with E-state index in [2.05, 4.69) is 10.3 Å². The second-order valence-corrected chi connectivity index (χ2v) is 5.80. The number of aromatic nitrogens is 1. The maximum absolute atomic E-state index is 13.0. The Morgan fingerprint density at radius 2 is 2.05 bits per heavy atom. The van der Waals surface area contributed by atoms with E-state index in [9.17, 15) is 9.18 Å². The Bertz CT molecular complexity index is 623. The lowest BCUT2D eigenvalue weighted by atomic mass is 10.0. The van der Waals surface area contributed by atoms with E-state index < -0.39 is 0 Å². The van der Waals surface area contributed by atoms with Gasteiger partial charge in [-0.3, -0.25) is 9.78 Å². The molecule has 0 unspecified atom stereocenters. The summed E-state index contributed by atoms with van der Waals surface area (Å²) < 4.78 is 13.0. The van der Waals surface area contributed by atoms with E-state index in [1.807, 2.05) is 12.1 Å². The zero-order chi connectivity index (χ0) is 15.4. The molecule has 114 valence electrons. The largest absolute Gasteiger partial charge is 0.349 e. The van der Waals surface area contributed by atoms with E-state index in [0.29, 0.717) is 18.8 Å². The zero-order valence-electron chi connectivity index (χ0n) is 12.3. The molecular formula is C18H19FN2O. The molecule has 0 saturated heterocycles. The van der Waals surface area contributed by atoms with Crippen molar-refractivity contribution >= 4 is 5.91 Å². The first kappa shape index (κ1) is 14.7. The molecule has 1 aromatic heterocycles. The van der Waals surface area contributed by atoms with Crippen LogP contribution in [0.2, 0.25) is 0 Å². The molecule has 0 bridgehead atoms. The number of hydrogen-bond acceptors (Lipinski definition) is 2. The van der Waals surface area contributed by atoms with Crippen LogP contribution in [0.1, 0.15) is 36.4 Å². The van der Waals surface area contributed by atoms with Crippen LogP contribution >= 0.6 is 0 Å². The van der Waals surface area contributed by atoms with Crippen molar-refractivity contribution in [3.8, 4) is 0 Å². The number of halogens is 1.